The van der Waals surface area contributed by atoms with Crippen LogP contribution in [0.5, 0.6) is 0 Å². The molecule has 1 aliphatic heterocycles. The van der Waals surface area contributed by atoms with E-state index in [1.165, 1.54) is 0 Å². The van der Waals surface area contributed by atoms with Crippen LogP contribution in [-0.4, -0.2) is 50.2 Å². The van der Waals surface area contributed by atoms with Crippen LogP contribution in [-0.2, 0) is 20.3 Å². The Morgan fingerprint density at radius 3 is 2.53 bits per heavy atom. The third kappa shape index (κ3) is 5.28. The van der Waals surface area contributed by atoms with Crippen LogP contribution >= 0.6 is 25.3 Å². The zero-order valence-electron chi connectivity index (χ0n) is 18.2. The van der Waals surface area contributed by atoms with Gasteiger partial charge in [-0.15, -0.1) is 0 Å². The number of fused-ring (bicyclic) bond motifs is 1. The van der Waals surface area contributed by atoms with Crippen molar-refractivity contribution < 1.29 is 17.8 Å². The molecule has 0 spiro atoms. The van der Waals surface area contributed by atoms with Gasteiger partial charge in [-0.05, 0) is 0 Å². The number of carbonyl (C=O) groups excluding carboxylic acids is 1. The van der Waals surface area contributed by atoms with Crippen LogP contribution in [0.2, 0.25) is 5.21 Å². The molecule has 6 nitrogen and oxygen atoms in total. The zero-order valence-corrected chi connectivity index (χ0v) is 23.0. The molecule has 0 radical (unpaired) electrons. The van der Waals surface area contributed by atoms with Crippen LogP contribution in [0.25, 0.3) is 11.1 Å². The fourth-order valence-electron chi connectivity index (χ4n) is 3.59. The first-order chi connectivity index (χ1) is 14.8. The number of carbonyl (C=O) groups is 1. The Kier molecular flexibility index (Phi) is 7.57. The molecule has 1 amide bonds. The zero-order chi connectivity index (χ0) is 23.8. The van der Waals surface area contributed by atoms with Crippen LogP contribution in [0.15, 0.2) is 41.4 Å². The number of nitrogens with one attached hydrogen (secondary N) is 1. The van der Waals surface area contributed by atoms with E-state index < -0.39 is 37.0 Å². The Morgan fingerprint density at radius 1 is 1.22 bits per heavy atom. The summed E-state index contributed by atoms with van der Waals surface area (Å²) in [7, 11) is -4.51. The van der Waals surface area contributed by atoms with Crippen molar-refractivity contribution in [3.63, 3.8) is 0 Å². The van der Waals surface area contributed by atoms with Crippen molar-refractivity contribution in [1.82, 2.24) is 0 Å². The average Bonchev–Trinajstić information content (AvgIpc) is 2.94. The molecule has 32 heavy (non-hydrogen) atoms. The number of hydrogen-bond donors (Lipinski definition) is 4. The fraction of sp³-hybridized carbons (Fsp3) is 0.364. The second kappa shape index (κ2) is 9.55. The van der Waals surface area contributed by atoms with Gasteiger partial charge in [0.2, 0.25) is 0 Å². The van der Waals surface area contributed by atoms with E-state index in [0.717, 1.165) is 44.6 Å². The Hall–Kier alpha value is -1.25. The molecular formula is C22H27AsN2O4S3. The molecule has 172 valence electrons. The number of anilines is 1. The van der Waals surface area contributed by atoms with Gasteiger partial charge in [0.25, 0.3) is 0 Å². The minimum atomic E-state index is -4.51. The number of hydrogen-bond acceptors (Lipinski definition) is 6. The summed E-state index contributed by atoms with van der Waals surface area (Å²) in [5.41, 5.74) is 4.88. The summed E-state index contributed by atoms with van der Waals surface area (Å²) in [5, 5.41) is 2.00. The maximum absolute atomic E-state index is 12.6. The number of thiol groups is 2. The summed E-state index contributed by atoms with van der Waals surface area (Å²) in [6, 6.07) is 11.8. The van der Waals surface area contributed by atoms with Crippen LogP contribution < -0.4 is 9.67 Å². The summed E-state index contributed by atoms with van der Waals surface area (Å²) in [6.45, 7) is 7.38. The Morgan fingerprint density at radius 2 is 1.91 bits per heavy atom. The Balaban J connectivity index is 2.12. The molecule has 0 saturated carbocycles. The van der Waals surface area contributed by atoms with Crippen LogP contribution in [0, 0.1) is 0 Å². The second-order valence-corrected chi connectivity index (χ2v) is 14.5. The van der Waals surface area contributed by atoms with Crippen molar-refractivity contribution in [2.24, 2.45) is 4.99 Å². The number of benzene rings is 2. The normalized spacial score (nSPS) is 16.3. The summed E-state index contributed by atoms with van der Waals surface area (Å²) in [5.74, 6) is -0.786. The van der Waals surface area contributed by atoms with Crippen molar-refractivity contribution in [2.75, 3.05) is 5.32 Å². The van der Waals surface area contributed by atoms with Crippen molar-refractivity contribution in [3.05, 3.63) is 42.0 Å². The topological polar surface area (TPSA) is 95.8 Å². The van der Waals surface area contributed by atoms with Gasteiger partial charge >= 0.3 is 208 Å². The number of nitrogens with zero attached hydrogens (tertiary/aromatic N) is 1. The quantitative estimate of drug-likeness (QED) is 0.182. The Labute approximate surface area is 206 Å². The molecule has 0 aromatic heterocycles. The monoisotopic (exact) mass is 554 g/mol. The molecule has 0 saturated heterocycles. The molecule has 0 fully saturated rings. The average molecular weight is 555 g/mol. The van der Waals surface area contributed by atoms with E-state index in [9.17, 15) is 17.8 Å². The third-order valence-corrected chi connectivity index (χ3v) is 11.4. The van der Waals surface area contributed by atoms with Crippen LogP contribution in [0.3, 0.4) is 0 Å². The van der Waals surface area contributed by atoms with Crippen LogP contribution in [0.4, 0.5) is 11.4 Å². The molecule has 2 aromatic carbocycles. The summed E-state index contributed by atoms with van der Waals surface area (Å²) < 4.78 is 33.4. The molecule has 1 heterocycles. The first-order valence-corrected chi connectivity index (χ1v) is 15.1. The molecule has 0 bridgehead atoms. The molecule has 1 aliphatic rings. The van der Waals surface area contributed by atoms with Gasteiger partial charge in [0.05, 0.1) is 0 Å². The van der Waals surface area contributed by atoms with Gasteiger partial charge < -0.3 is 0 Å². The van der Waals surface area contributed by atoms with Gasteiger partial charge in [0.15, 0.2) is 0 Å². The molecule has 2 aromatic rings. The summed E-state index contributed by atoms with van der Waals surface area (Å²) in [6.07, 6.45) is 0. The summed E-state index contributed by atoms with van der Waals surface area (Å²) in [4.78, 5) is 17.4. The van der Waals surface area contributed by atoms with E-state index in [1.807, 2.05) is 43.3 Å². The van der Waals surface area contributed by atoms with Gasteiger partial charge in [-0.3, -0.25) is 0 Å². The van der Waals surface area contributed by atoms with Gasteiger partial charge in [-0.1, -0.05) is 0 Å². The van der Waals surface area contributed by atoms with E-state index in [0.29, 0.717) is 5.69 Å². The number of amides is 1. The SMILES string of the molecule is CC1=Nc2cccc(-c3ccc([AsH]CC(S)S)cc3NC(=O)C(C)S(=O)(=O)O)c2C1(C)C. The molecule has 3 rings (SSSR count). The van der Waals surface area contributed by atoms with Gasteiger partial charge in [-0.2, -0.15) is 0 Å². The molecule has 2 N–H and O–H groups in total. The second-order valence-electron chi connectivity index (χ2n) is 8.29. The first-order valence-electron chi connectivity index (χ1n) is 10.0. The van der Waals surface area contributed by atoms with Crippen molar-refractivity contribution in [1.29, 1.82) is 0 Å². The van der Waals surface area contributed by atoms with Crippen LogP contribution in [0.1, 0.15) is 33.3 Å². The number of rotatable bonds is 7. The maximum atomic E-state index is 12.6. The van der Waals surface area contributed by atoms with Crippen molar-refractivity contribution in [3.8, 4) is 11.1 Å². The molecule has 0 aliphatic carbocycles. The predicted molar refractivity (Wildman–Crippen MR) is 141 cm³/mol. The van der Waals surface area contributed by atoms with Gasteiger partial charge in [0.1, 0.15) is 0 Å². The van der Waals surface area contributed by atoms with E-state index in [1.54, 1.807) is 0 Å². The number of aliphatic imine (C=N–C) groups is 1. The van der Waals surface area contributed by atoms with E-state index >= 15 is 0 Å². The Bertz CT molecular complexity index is 1190. The van der Waals surface area contributed by atoms with Crippen molar-refractivity contribution >= 4 is 78.5 Å². The molecule has 10 heteroatoms. The van der Waals surface area contributed by atoms with E-state index in [2.05, 4.69) is 44.4 Å². The first kappa shape index (κ1) is 25.4. The van der Waals surface area contributed by atoms with Crippen molar-refractivity contribution in [2.45, 2.75) is 48.2 Å². The molecule has 2 atom stereocenters. The predicted octanol–water partition coefficient (Wildman–Crippen LogP) is 3.62. The minimum absolute atomic E-state index is 0.0226. The van der Waals surface area contributed by atoms with Gasteiger partial charge in [0, 0.05) is 0 Å². The summed E-state index contributed by atoms with van der Waals surface area (Å²) >= 11 is 8.12. The fourth-order valence-corrected chi connectivity index (χ4v) is 6.68. The molecule has 2 unspecified atom stereocenters. The van der Waals surface area contributed by atoms with E-state index in [-0.39, 0.29) is 10.00 Å². The van der Waals surface area contributed by atoms with E-state index in [4.69, 9.17) is 4.99 Å². The third-order valence-electron chi connectivity index (χ3n) is 5.73. The van der Waals surface area contributed by atoms with Gasteiger partial charge in [-0.25, -0.2) is 0 Å². The molecular weight excluding hydrogens is 527 g/mol. The standard InChI is InChI=1S/C22H27AsN2O4S3/c1-12(32(27,28)29)21(26)25-18-10-14(23-11-19(30)31)8-9-15(18)16-6-5-7-17-20(16)22(3,4)13(2)24-17/h5-10,12,19,23,30-31H,11H2,1-4H3,(H,25,26)(H,27,28,29).